The van der Waals surface area contributed by atoms with Crippen molar-refractivity contribution in [3.05, 3.63) is 0 Å². The van der Waals surface area contributed by atoms with Crippen molar-refractivity contribution in [3.8, 4) is 0 Å². The molecule has 0 aliphatic heterocycles. The molecule has 0 aromatic heterocycles. The topological polar surface area (TPSA) is 20.2 Å². The first-order valence-corrected chi connectivity index (χ1v) is 6.46. The number of rotatable bonds is 0. The van der Waals surface area contributed by atoms with Crippen molar-refractivity contribution < 1.29 is 5.11 Å². The van der Waals surface area contributed by atoms with Crippen LogP contribution in [0.15, 0.2) is 0 Å². The first-order valence-electron chi connectivity index (χ1n) is 3.96. The van der Waals surface area contributed by atoms with E-state index in [9.17, 15) is 5.11 Å². The Hall–Kier alpha value is 1.40. The minimum absolute atomic E-state index is 0.0739. The molecule has 0 aromatic carbocycles. The smallest absolute Gasteiger partial charge is 0.0702 e. The zero-order chi connectivity index (χ0) is 9.57. The maximum Gasteiger partial charge on any atom is 0.0702 e. The van der Waals surface area contributed by atoms with E-state index < -0.39 is 0 Å². The van der Waals surface area contributed by atoms with Gasteiger partial charge in [-0.3, -0.25) is 0 Å². The predicted octanol–water partition coefficient (Wildman–Crippen LogP) is 3.21. The Morgan fingerprint density at radius 1 is 1.25 bits per heavy atom. The number of hydrogen-bond donors (Lipinski definition) is 1. The molecule has 4 unspecified atom stereocenters. The van der Waals surface area contributed by atoms with Gasteiger partial charge in [0.05, 0.1) is 10.4 Å². The average Bonchev–Trinajstić information content (AvgIpc) is 1.82. The number of alkyl halides is 3. The summed E-state index contributed by atoms with van der Waals surface area (Å²) in [6.45, 7) is 4.19. The Morgan fingerprint density at radius 3 is 2.17 bits per heavy atom. The van der Waals surface area contributed by atoms with Crippen LogP contribution in [0.25, 0.3) is 0 Å². The third-order valence-corrected chi connectivity index (χ3v) is 6.11. The molecule has 4 atom stereocenters. The molecule has 0 radical (unpaired) electrons. The van der Waals surface area contributed by atoms with Crippen LogP contribution in [-0.4, -0.2) is 24.7 Å². The molecule has 1 aliphatic rings. The maximum absolute atomic E-state index is 9.74. The number of aliphatic hydroxyl groups is 1. The highest BCUT2D eigenvalue weighted by atomic mass is 79.9. The van der Waals surface area contributed by atoms with Gasteiger partial charge in [0.2, 0.25) is 0 Å². The van der Waals surface area contributed by atoms with E-state index in [1.165, 1.54) is 0 Å². The van der Waals surface area contributed by atoms with Gasteiger partial charge in [-0.2, -0.15) is 0 Å². The van der Waals surface area contributed by atoms with Gasteiger partial charge in [-0.25, -0.2) is 0 Å². The fourth-order valence-electron chi connectivity index (χ4n) is 1.59. The summed E-state index contributed by atoms with van der Waals surface area (Å²) in [5, 5.41) is 9.74. The van der Waals surface area contributed by atoms with Gasteiger partial charge in [-0.05, 0) is 26.7 Å². The Labute approximate surface area is 98.7 Å². The van der Waals surface area contributed by atoms with Gasteiger partial charge in [0.1, 0.15) is 0 Å². The van der Waals surface area contributed by atoms with Crippen molar-refractivity contribution in [2.75, 3.05) is 0 Å². The van der Waals surface area contributed by atoms with Crippen molar-refractivity contribution >= 4 is 47.8 Å². The fourth-order valence-corrected chi connectivity index (χ4v) is 4.02. The molecule has 1 N–H and O–H groups in total. The Kier molecular flexibility index (Phi) is 3.36. The second-order valence-electron chi connectivity index (χ2n) is 3.95. The van der Waals surface area contributed by atoms with Gasteiger partial charge < -0.3 is 5.11 Å². The lowest BCUT2D eigenvalue weighted by atomic mass is 9.81. The predicted molar refractivity (Wildman–Crippen MR) is 62.6 cm³/mol. The van der Waals surface area contributed by atoms with Crippen LogP contribution in [-0.2, 0) is 0 Å². The summed E-state index contributed by atoms with van der Waals surface area (Å²) in [6, 6.07) is 0. The average molecular weight is 365 g/mol. The highest BCUT2D eigenvalue weighted by Crippen LogP contribution is 2.47. The number of halogens is 3. The Balaban J connectivity index is 2.78. The van der Waals surface area contributed by atoms with Crippen molar-refractivity contribution in [1.82, 2.24) is 0 Å². The molecule has 12 heavy (non-hydrogen) atoms. The third kappa shape index (κ3) is 2.25. The molecule has 0 bridgehead atoms. The summed E-state index contributed by atoms with van der Waals surface area (Å²) in [4.78, 5) is 0.339. The minimum Gasteiger partial charge on any atom is -0.392 e. The number of hydrogen-bond acceptors (Lipinski definition) is 1. The van der Waals surface area contributed by atoms with Crippen molar-refractivity contribution in [3.63, 3.8) is 0 Å². The molecule has 1 nitrogen and oxygen atoms in total. The van der Waals surface area contributed by atoms with E-state index >= 15 is 0 Å². The normalized spacial score (nSPS) is 55.5. The molecule has 0 spiro atoms. The van der Waals surface area contributed by atoms with E-state index in [0.717, 1.165) is 12.8 Å². The fraction of sp³-hybridized carbons (Fsp3) is 1.00. The highest BCUT2D eigenvalue weighted by molar-refractivity contribution is 9.12. The maximum atomic E-state index is 9.74. The second kappa shape index (κ2) is 3.52. The molecule has 72 valence electrons. The summed E-state index contributed by atoms with van der Waals surface area (Å²) in [6.07, 6.45) is 1.42. The molecule has 1 rings (SSSR count). The lowest BCUT2D eigenvalue weighted by Gasteiger charge is -2.44. The van der Waals surface area contributed by atoms with Crippen LogP contribution in [0, 0.1) is 0 Å². The lowest BCUT2D eigenvalue weighted by molar-refractivity contribution is 0.0960. The van der Waals surface area contributed by atoms with Gasteiger partial charge in [0, 0.05) is 9.15 Å². The Morgan fingerprint density at radius 2 is 1.75 bits per heavy atom. The van der Waals surface area contributed by atoms with Crippen LogP contribution >= 0.6 is 47.8 Å². The van der Waals surface area contributed by atoms with E-state index in [1.54, 1.807) is 0 Å². The first-order chi connectivity index (χ1) is 5.26. The third-order valence-electron chi connectivity index (χ3n) is 2.47. The van der Waals surface area contributed by atoms with Crippen LogP contribution in [0.1, 0.15) is 26.7 Å². The summed E-state index contributed by atoms with van der Waals surface area (Å²) in [7, 11) is 0. The molecule has 1 saturated carbocycles. The molecular formula is C8H13Br3O. The van der Waals surface area contributed by atoms with E-state index in [2.05, 4.69) is 54.7 Å². The van der Waals surface area contributed by atoms with Gasteiger partial charge >= 0.3 is 0 Å². The molecule has 0 heterocycles. The second-order valence-corrected chi connectivity index (χ2v) is 8.68. The summed E-state index contributed by atoms with van der Waals surface area (Å²) in [5.41, 5.74) is 0. The number of aliphatic hydroxyl groups excluding tert-OH is 1. The zero-order valence-electron chi connectivity index (χ0n) is 7.15. The molecule has 1 aliphatic carbocycles. The van der Waals surface area contributed by atoms with Crippen molar-refractivity contribution in [1.29, 1.82) is 0 Å². The van der Waals surface area contributed by atoms with Crippen LogP contribution in [0.2, 0.25) is 0 Å². The summed E-state index contributed by atoms with van der Waals surface area (Å²) >= 11 is 10.8. The lowest BCUT2D eigenvalue weighted by Crippen LogP contribution is -2.50. The van der Waals surface area contributed by atoms with E-state index in [4.69, 9.17) is 0 Å². The van der Waals surface area contributed by atoms with Crippen LogP contribution in [0.5, 0.6) is 0 Å². The van der Waals surface area contributed by atoms with E-state index in [-0.39, 0.29) is 14.8 Å². The van der Waals surface area contributed by atoms with Crippen LogP contribution in [0.4, 0.5) is 0 Å². The van der Waals surface area contributed by atoms with E-state index in [1.807, 2.05) is 6.92 Å². The standard InChI is InChI=1S/C8H13Br3O/c1-7(10)4-8(2,11)6(12)3-5(7)9/h5-6,12H,3-4H2,1-2H3. The molecule has 0 amide bonds. The molecule has 4 heteroatoms. The Bertz CT molecular complexity index is 161. The quantitative estimate of drug-likeness (QED) is 0.654. The first kappa shape index (κ1) is 11.5. The molecule has 1 fully saturated rings. The minimum atomic E-state index is -0.271. The van der Waals surface area contributed by atoms with Gasteiger partial charge in [0.25, 0.3) is 0 Å². The SMILES string of the molecule is CC1(Br)CC(C)(Br)C(Br)CC1O. The van der Waals surface area contributed by atoms with Crippen molar-refractivity contribution in [2.24, 2.45) is 0 Å². The summed E-state index contributed by atoms with van der Waals surface area (Å²) < 4.78 is -0.0833. The van der Waals surface area contributed by atoms with Crippen LogP contribution in [0.3, 0.4) is 0 Å². The zero-order valence-corrected chi connectivity index (χ0v) is 11.9. The van der Waals surface area contributed by atoms with Gasteiger partial charge in [-0.15, -0.1) is 0 Å². The largest absolute Gasteiger partial charge is 0.392 e. The van der Waals surface area contributed by atoms with Gasteiger partial charge in [0.15, 0.2) is 0 Å². The van der Waals surface area contributed by atoms with E-state index in [0.29, 0.717) is 4.83 Å². The highest BCUT2D eigenvalue weighted by Gasteiger charge is 2.47. The monoisotopic (exact) mass is 362 g/mol. The molecular weight excluding hydrogens is 352 g/mol. The van der Waals surface area contributed by atoms with Crippen molar-refractivity contribution in [2.45, 2.75) is 46.3 Å². The van der Waals surface area contributed by atoms with Crippen LogP contribution < -0.4 is 0 Å². The summed E-state index contributed by atoms with van der Waals surface area (Å²) in [5.74, 6) is 0. The van der Waals surface area contributed by atoms with Gasteiger partial charge in [-0.1, -0.05) is 47.8 Å². The molecule has 0 aromatic rings. The molecule has 0 saturated heterocycles.